The van der Waals surface area contributed by atoms with Crippen LogP contribution in [-0.4, -0.2) is 48.7 Å². The highest BCUT2D eigenvalue weighted by molar-refractivity contribution is 6.70. The summed E-state index contributed by atoms with van der Waals surface area (Å²) in [6.07, 6.45) is 11.8. The molecule has 33 heavy (non-hydrogen) atoms. The summed E-state index contributed by atoms with van der Waals surface area (Å²) >= 11 is 0. The summed E-state index contributed by atoms with van der Waals surface area (Å²) < 4.78 is 25.0. The summed E-state index contributed by atoms with van der Waals surface area (Å²) in [6.45, 7) is 23.6. The first-order chi connectivity index (χ1) is 15.1. The highest BCUT2D eigenvalue weighted by Gasteiger charge is 2.40. The number of hydrogen-bond donors (Lipinski definition) is 0. The van der Waals surface area contributed by atoms with Gasteiger partial charge in [-0.15, -0.1) is 0 Å². The fourth-order valence-electron chi connectivity index (χ4n) is 4.04. The van der Waals surface area contributed by atoms with E-state index < -0.39 is 16.6 Å². The Labute approximate surface area is 207 Å². The Kier molecular flexibility index (Phi) is 12.4. The van der Waals surface area contributed by atoms with Crippen LogP contribution in [-0.2, 0) is 18.3 Å². The minimum Gasteiger partial charge on any atom is -0.501 e. The van der Waals surface area contributed by atoms with E-state index in [1.165, 1.54) is 11.1 Å². The molecule has 0 radical (unpaired) electrons. The van der Waals surface area contributed by atoms with Crippen LogP contribution in [0.2, 0.25) is 39.3 Å². The lowest BCUT2D eigenvalue weighted by Crippen LogP contribution is -2.47. The summed E-state index contributed by atoms with van der Waals surface area (Å²) in [5.41, 5.74) is 2.36. The van der Waals surface area contributed by atoms with Crippen LogP contribution in [0.1, 0.15) is 59.8 Å². The summed E-state index contributed by atoms with van der Waals surface area (Å²) in [5, 5.41) is 0. The van der Waals surface area contributed by atoms with Gasteiger partial charge in [-0.1, -0.05) is 24.6 Å². The van der Waals surface area contributed by atoms with Crippen molar-refractivity contribution in [2.45, 2.75) is 111 Å². The van der Waals surface area contributed by atoms with Crippen LogP contribution in [0.4, 0.5) is 0 Å². The summed E-state index contributed by atoms with van der Waals surface area (Å²) in [7, 11) is -1.42. The van der Waals surface area contributed by atoms with E-state index >= 15 is 0 Å². The molecule has 1 aliphatic rings. The first kappa shape index (κ1) is 30.4. The number of allylic oxidation sites excluding steroid dienone is 4. The standard InChI is InChI=1S/C27H52O4Si2/c1-22(2)14-16-25(28-5)23(3)13-12-19-27(4)26(31-33(9,10)11)17-15-24(21-29-27)18-20-30-32(6,7)8/h14,16,18,23,26H,12-13,15,17,19-21H2,1-11H3/b24-18+,25-16-/t23?,26-,27?/m1/s1. The molecule has 3 atom stereocenters. The molecule has 0 aromatic carbocycles. The Morgan fingerprint density at radius 1 is 1.12 bits per heavy atom. The quantitative estimate of drug-likeness (QED) is 0.119. The van der Waals surface area contributed by atoms with Crippen molar-refractivity contribution in [3.05, 3.63) is 35.1 Å². The highest BCUT2D eigenvalue weighted by atomic mass is 28.4. The van der Waals surface area contributed by atoms with Crippen LogP contribution in [0.15, 0.2) is 35.1 Å². The van der Waals surface area contributed by atoms with Gasteiger partial charge in [-0.05, 0) is 104 Å². The topological polar surface area (TPSA) is 36.9 Å². The van der Waals surface area contributed by atoms with Gasteiger partial charge < -0.3 is 18.3 Å². The van der Waals surface area contributed by atoms with Gasteiger partial charge in [0.1, 0.15) is 0 Å². The molecule has 6 heteroatoms. The molecule has 0 aromatic heterocycles. The third-order valence-corrected chi connectivity index (χ3v) is 8.02. The Morgan fingerprint density at radius 2 is 1.79 bits per heavy atom. The molecule has 4 nitrogen and oxygen atoms in total. The van der Waals surface area contributed by atoms with Gasteiger partial charge in [0, 0.05) is 5.92 Å². The molecule has 2 unspecified atom stereocenters. The lowest BCUT2D eigenvalue weighted by Gasteiger charge is -2.39. The minimum atomic E-state index is -1.69. The third kappa shape index (κ3) is 12.6. The Balaban J connectivity index is 2.86. The maximum atomic E-state index is 6.69. The second-order valence-electron chi connectivity index (χ2n) is 12.0. The molecule has 192 valence electrons. The second kappa shape index (κ2) is 13.4. The van der Waals surface area contributed by atoms with Gasteiger partial charge in [0.05, 0.1) is 37.8 Å². The molecule has 0 amide bonds. The van der Waals surface area contributed by atoms with E-state index in [0.29, 0.717) is 19.1 Å². The van der Waals surface area contributed by atoms with Crippen molar-refractivity contribution < 1.29 is 18.3 Å². The SMILES string of the molecule is CO/C(=C\C=C(C)C)C(C)CCCC1(C)OC/C(=C/CO[Si](C)(C)C)CC[C@H]1O[Si](C)(C)C. The Bertz CT molecular complexity index is 681. The van der Waals surface area contributed by atoms with Crippen LogP contribution in [0, 0.1) is 5.92 Å². The molecule has 0 aliphatic carbocycles. The van der Waals surface area contributed by atoms with Crippen molar-refractivity contribution in [3.8, 4) is 0 Å². The van der Waals surface area contributed by atoms with Gasteiger partial charge in [-0.2, -0.15) is 0 Å². The molecule has 0 spiro atoms. The minimum absolute atomic E-state index is 0.131. The van der Waals surface area contributed by atoms with Gasteiger partial charge in [-0.3, -0.25) is 0 Å². The first-order valence-electron chi connectivity index (χ1n) is 12.7. The predicted octanol–water partition coefficient (Wildman–Crippen LogP) is 7.86. The Hall–Kier alpha value is -0.666. The zero-order chi connectivity index (χ0) is 25.3. The number of ether oxygens (including phenoxy) is 2. The van der Waals surface area contributed by atoms with Crippen LogP contribution in [0.3, 0.4) is 0 Å². The van der Waals surface area contributed by atoms with E-state index in [9.17, 15) is 0 Å². The second-order valence-corrected chi connectivity index (χ2v) is 20.9. The van der Waals surface area contributed by atoms with E-state index in [0.717, 1.165) is 37.9 Å². The summed E-state index contributed by atoms with van der Waals surface area (Å²) in [4.78, 5) is 0. The maximum absolute atomic E-state index is 6.69. The fourth-order valence-corrected chi connectivity index (χ4v) is 5.85. The molecular weight excluding hydrogens is 444 g/mol. The molecule has 1 rings (SSSR count). The molecular formula is C27H52O4Si2. The van der Waals surface area contributed by atoms with Crippen LogP contribution >= 0.6 is 0 Å². The van der Waals surface area contributed by atoms with Crippen molar-refractivity contribution in [1.29, 1.82) is 0 Å². The largest absolute Gasteiger partial charge is 0.501 e. The predicted molar refractivity (Wildman–Crippen MR) is 147 cm³/mol. The lowest BCUT2D eigenvalue weighted by atomic mass is 9.88. The molecule has 1 saturated heterocycles. The number of rotatable bonds is 12. The molecule has 0 aromatic rings. The molecule has 0 N–H and O–H groups in total. The van der Waals surface area contributed by atoms with Gasteiger partial charge in [0.15, 0.2) is 16.6 Å². The smallest absolute Gasteiger partial charge is 0.184 e. The van der Waals surface area contributed by atoms with E-state index in [4.69, 9.17) is 18.3 Å². The molecule has 1 fully saturated rings. The van der Waals surface area contributed by atoms with Gasteiger partial charge in [0.2, 0.25) is 0 Å². The highest BCUT2D eigenvalue weighted by Crippen LogP contribution is 2.35. The number of methoxy groups -OCH3 is 1. The van der Waals surface area contributed by atoms with Crippen LogP contribution < -0.4 is 0 Å². The molecule has 0 saturated carbocycles. The number of hydrogen-bond acceptors (Lipinski definition) is 4. The van der Waals surface area contributed by atoms with Gasteiger partial charge in [0.25, 0.3) is 0 Å². The molecule has 1 aliphatic heterocycles. The van der Waals surface area contributed by atoms with Crippen molar-refractivity contribution in [1.82, 2.24) is 0 Å². The molecule has 0 bridgehead atoms. The fraction of sp³-hybridized carbons (Fsp3) is 0.778. The average molecular weight is 497 g/mol. The third-order valence-electron chi connectivity index (χ3n) is 5.99. The van der Waals surface area contributed by atoms with Crippen molar-refractivity contribution in [2.24, 2.45) is 5.92 Å². The summed E-state index contributed by atoms with van der Waals surface area (Å²) in [6, 6.07) is 0. The molecule has 1 heterocycles. The monoisotopic (exact) mass is 496 g/mol. The first-order valence-corrected chi connectivity index (χ1v) is 19.5. The average Bonchev–Trinajstić information content (AvgIpc) is 2.80. The van der Waals surface area contributed by atoms with Gasteiger partial charge >= 0.3 is 0 Å². The van der Waals surface area contributed by atoms with E-state index in [2.05, 4.69) is 85.2 Å². The maximum Gasteiger partial charge on any atom is 0.184 e. The van der Waals surface area contributed by atoms with Crippen molar-refractivity contribution >= 4 is 16.6 Å². The normalized spacial score (nSPS) is 25.0. The van der Waals surface area contributed by atoms with E-state index in [1.807, 2.05) is 0 Å². The summed E-state index contributed by atoms with van der Waals surface area (Å²) in [5.74, 6) is 1.43. The van der Waals surface area contributed by atoms with Crippen molar-refractivity contribution in [2.75, 3.05) is 20.3 Å². The van der Waals surface area contributed by atoms with E-state index in [-0.39, 0.29) is 11.7 Å². The van der Waals surface area contributed by atoms with Crippen LogP contribution in [0.25, 0.3) is 0 Å². The van der Waals surface area contributed by atoms with E-state index in [1.54, 1.807) is 7.11 Å². The van der Waals surface area contributed by atoms with Crippen LogP contribution in [0.5, 0.6) is 0 Å². The zero-order valence-corrected chi connectivity index (χ0v) is 25.5. The van der Waals surface area contributed by atoms with Gasteiger partial charge in [-0.25, -0.2) is 0 Å². The van der Waals surface area contributed by atoms with Crippen molar-refractivity contribution in [3.63, 3.8) is 0 Å². The lowest BCUT2D eigenvalue weighted by molar-refractivity contribution is -0.0975. The zero-order valence-electron chi connectivity index (χ0n) is 23.5. The Morgan fingerprint density at radius 3 is 2.33 bits per heavy atom.